The maximum Gasteiger partial charge on any atom is 0.0926 e. The first-order valence-electron chi connectivity index (χ1n) is 5.71. The third-order valence-corrected chi connectivity index (χ3v) is 2.91. The molecule has 0 unspecified atom stereocenters. The lowest BCUT2D eigenvalue weighted by molar-refractivity contribution is 0.866. The highest BCUT2D eigenvalue weighted by molar-refractivity contribution is 5.64. The molecular formula is C14H18N2. The van der Waals surface area contributed by atoms with Crippen molar-refractivity contribution in [2.75, 3.05) is 0 Å². The number of benzene rings is 1. The number of hydrogen-bond donors (Lipinski definition) is 1. The Morgan fingerprint density at radius 2 is 1.88 bits per heavy atom. The molecule has 0 atom stereocenters. The van der Waals surface area contributed by atoms with Gasteiger partial charge in [0.15, 0.2) is 0 Å². The number of H-pyrrole nitrogens is 1. The standard InChI is InChI=1S/C14H18N2/c1-9(2)12-6-5-10(3)13(8-12)14-7-11(4)15-16-14/h5-9H,1-4H3,(H,15,16). The summed E-state index contributed by atoms with van der Waals surface area (Å²) in [5.41, 5.74) is 6.01. The van der Waals surface area contributed by atoms with E-state index in [4.69, 9.17) is 0 Å². The van der Waals surface area contributed by atoms with E-state index in [1.807, 2.05) is 6.92 Å². The fraction of sp³-hybridized carbons (Fsp3) is 0.357. The molecule has 0 saturated heterocycles. The van der Waals surface area contributed by atoms with Gasteiger partial charge in [0.05, 0.1) is 5.69 Å². The third-order valence-electron chi connectivity index (χ3n) is 2.91. The minimum absolute atomic E-state index is 0.555. The number of nitrogens with zero attached hydrogens (tertiary/aromatic N) is 1. The van der Waals surface area contributed by atoms with Crippen LogP contribution in [0.25, 0.3) is 11.3 Å². The van der Waals surface area contributed by atoms with Gasteiger partial charge in [0, 0.05) is 11.3 Å². The Labute approximate surface area is 96.7 Å². The number of aromatic nitrogens is 2. The molecule has 2 heteroatoms. The number of aryl methyl sites for hydroxylation is 2. The van der Waals surface area contributed by atoms with Gasteiger partial charge in [0.25, 0.3) is 0 Å². The van der Waals surface area contributed by atoms with Crippen LogP contribution in [0.3, 0.4) is 0 Å². The fourth-order valence-electron chi connectivity index (χ4n) is 1.83. The van der Waals surface area contributed by atoms with Crippen molar-refractivity contribution in [2.24, 2.45) is 0 Å². The van der Waals surface area contributed by atoms with Crippen LogP contribution in [0, 0.1) is 13.8 Å². The highest BCUT2D eigenvalue weighted by atomic mass is 15.1. The first-order chi connectivity index (χ1) is 7.58. The molecule has 16 heavy (non-hydrogen) atoms. The predicted octanol–water partition coefficient (Wildman–Crippen LogP) is 3.82. The second-order valence-corrected chi connectivity index (χ2v) is 4.67. The van der Waals surface area contributed by atoms with Gasteiger partial charge in [0.2, 0.25) is 0 Å². The number of hydrogen-bond acceptors (Lipinski definition) is 1. The molecule has 1 aromatic carbocycles. The van der Waals surface area contributed by atoms with Gasteiger partial charge in [-0.2, -0.15) is 5.10 Å². The van der Waals surface area contributed by atoms with Crippen molar-refractivity contribution in [2.45, 2.75) is 33.6 Å². The predicted molar refractivity (Wildman–Crippen MR) is 67.6 cm³/mol. The molecule has 0 spiro atoms. The summed E-state index contributed by atoms with van der Waals surface area (Å²) in [6.07, 6.45) is 0. The van der Waals surface area contributed by atoms with Crippen molar-refractivity contribution in [1.29, 1.82) is 0 Å². The van der Waals surface area contributed by atoms with E-state index < -0.39 is 0 Å². The number of nitrogens with one attached hydrogen (secondary N) is 1. The molecule has 2 aromatic rings. The van der Waals surface area contributed by atoms with Crippen LogP contribution in [0.5, 0.6) is 0 Å². The average molecular weight is 214 g/mol. The van der Waals surface area contributed by atoms with E-state index >= 15 is 0 Å². The van der Waals surface area contributed by atoms with E-state index in [-0.39, 0.29) is 0 Å². The van der Waals surface area contributed by atoms with Crippen molar-refractivity contribution in [3.63, 3.8) is 0 Å². The Hall–Kier alpha value is -1.57. The molecule has 0 aliphatic carbocycles. The Balaban J connectivity index is 2.51. The normalized spacial score (nSPS) is 11.1. The molecule has 84 valence electrons. The summed E-state index contributed by atoms with van der Waals surface area (Å²) in [5.74, 6) is 0.555. The minimum Gasteiger partial charge on any atom is -0.282 e. The van der Waals surface area contributed by atoms with Gasteiger partial charge in [-0.15, -0.1) is 0 Å². The van der Waals surface area contributed by atoms with Crippen molar-refractivity contribution in [3.05, 3.63) is 41.1 Å². The quantitative estimate of drug-likeness (QED) is 0.809. The molecule has 0 bridgehead atoms. The van der Waals surface area contributed by atoms with Crippen LogP contribution in [0.15, 0.2) is 24.3 Å². The molecule has 0 aliphatic heterocycles. The fourth-order valence-corrected chi connectivity index (χ4v) is 1.83. The SMILES string of the molecule is Cc1cc(-c2cc(C(C)C)ccc2C)n[nH]1. The Bertz CT molecular complexity index is 495. The zero-order chi connectivity index (χ0) is 11.7. The molecule has 2 rings (SSSR count). The highest BCUT2D eigenvalue weighted by Crippen LogP contribution is 2.26. The number of rotatable bonds is 2. The van der Waals surface area contributed by atoms with Crippen LogP contribution >= 0.6 is 0 Å². The molecule has 0 saturated carbocycles. The molecule has 0 amide bonds. The maximum absolute atomic E-state index is 4.32. The number of aromatic amines is 1. The zero-order valence-corrected chi connectivity index (χ0v) is 10.3. The first-order valence-corrected chi connectivity index (χ1v) is 5.71. The van der Waals surface area contributed by atoms with E-state index in [2.05, 4.69) is 55.2 Å². The summed E-state index contributed by atoms with van der Waals surface area (Å²) in [4.78, 5) is 0. The van der Waals surface area contributed by atoms with Crippen molar-refractivity contribution < 1.29 is 0 Å². The summed E-state index contributed by atoms with van der Waals surface area (Å²) in [7, 11) is 0. The summed E-state index contributed by atoms with van der Waals surface area (Å²) >= 11 is 0. The summed E-state index contributed by atoms with van der Waals surface area (Å²) in [6.45, 7) is 8.58. The van der Waals surface area contributed by atoms with Crippen LogP contribution in [-0.4, -0.2) is 10.2 Å². The molecule has 1 heterocycles. The van der Waals surface area contributed by atoms with Crippen molar-refractivity contribution in [1.82, 2.24) is 10.2 Å². The van der Waals surface area contributed by atoms with Gasteiger partial charge in [-0.05, 0) is 43.0 Å². The second kappa shape index (κ2) is 4.12. The van der Waals surface area contributed by atoms with E-state index in [9.17, 15) is 0 Å². The monoisotopic (exact) mass is 214 g/mol. The van der Waals surface area contributed by atoms with E-state index in [1.165, 1.54) is 16.7 Å². The summed E-state index contributed by atoms with van der Waals surface area (Å²) < 4.78 is 0. The smallest absolute Gasteiger partial charge is 0.0926 e. The minimum atomic E-state index is 0.555. The summed E-state index contributed by atoms with van der Waals surface area (Å²) in [5, 5.41) is 7.32. The molecule has 1 aromatic heterocycles. The maximum atomic E-state index is 4.32. The van der Waals surface area contributed by atoms with Crippen LogP contribution in [-0.2, 0) is 0 Å². The lowest BCUT2D eigenvalue weighted by Gasteiger charge is -2.09. The lowest BCUT2D eigenvalue weighted by Crippen LogP contribution is -1.91. The van der Waals surface area contributed by atoms with Gasteiger partial charge in [-0.1, -0.05) is 26.0 Å². The second-order valence-electron chi connectivity index (χ2n) is 4.67. The average Bonchev–Trinajstić information content (AvgIpc) is 2.65. The van der Waals surface area contributed by atoms with Crippen LogP contribution in [0.2, 0.25) is 0 Å². The van der Waals surface area contributed by atoms with Gasteiger partial charge >= 0.3 is 0 Å². The highest BCUT2D eigenvalue weighted by Gasteiger charge is 2.08. The molecule has 1 N–H and O–H groups in total. The van der Waals surface area contributed by atoms with Gasteiger partial charge in [-0.25, -0.2) is 0 Å². The lowest BCUT2D eigenvalue weighted by atomic mass is 9.96. The van der Waals surface area contributed by atoms with Crippen molar-refractivity contribution >= 4 is 0 Å². The molecule has 0 fully saturated rings. The Morgan fingerprint density at radius 1 is 1.12 bits per heavy atom. The molecule has 0 aliphatic rings. The largest absolute Gasteiger partial charge is 0.282 e. The molecule has 0 radical (unpaired) electrons. The molecule has 2 nitrogen and oxygen atoms in total. The first kappa shape index (κ1) is 10.9. The van der Waals surface area contributed by atoms with Crippen LogP contribution in [0.1, 0.15) is 36.6 Å². The van der Waals surface area contributed by atoms with Crippen molar-refractivity contribution in [3.8, 4) is 11.3 Å². The van der Waals surface area contributed by atoms with Crippen LogP contribution in [0.4, 0.5) is 0 Å². The summed E-state index contributed by atoms with van der Waals surface area (Å²) in [6, 6.07) is 8.71. The Kier molecular flexibility index (Phi) is 2.82. The van der Waals surface area contributed by atoms with Gasteiger partial charge in [-0.3, -0.25) is 5.10 Å². The van der Waals surface area contributed by atoms with E-state index in [0.717, 1.165) is 11.4 Å². The third kappa shape index (κ3) is 2.01. The van der Waals surface area contributed by atoms with E-state index in [0.29, 0.717) is 5.92 Å². The van der Waals surface area contributed by atoms with Gasteiger partial charge in [0.1, 0.15) is 0 Å². The molecular weight excluding hydrogens is 196 g/mol. The Morgan fingerprint density at radius 3 is 2.44 bits per heavy atom. The zero-order valence-electron chi connectivity index (χ0n) is 10.3. The topological polar surface area (TPSA) is 28.7 Å². The van der Waals surface area contributed by atoms with Crippen LogP contribution < -0.4 is 0 Å². The van der Waals surface area contributed by atoms with E-state index in [1.54, 1.807) is 0 Å². The van der Waals surface area contributed by atoms with Gasteiger partial charge < -0.3 is 0 Å².